The lowest BCUT2D eigenvalue weighted by molar-refractivity contribution is -0.128. The van der Waals surface area contributed by atoms with Crippen molar-refractivity contribution >= 4 is 11.8 Å². The molecule has 2 rings (SSSR count). The summed E-state index contributed by atoms with van der Waals surface area (Å²) in [6.07, 6.45) is 0. The second-order valence-corrected chi connectivity index (χ2v) is 3.74. The van der Waals surface area contributed by atoms with Crippen LogP contribution >= 0.6 is 0 Å². The maximum atomic E-state index is 11.9. The van der Waals surface area contributed by atoms with Crippen LogP contribution in [0.3, 0.4) is 0 Å². The van der Waals surface area contributed by atoms with Gasteiger partial charge in [-0.15, -0.1) is 0 Å². The number of fused-ring (bicyclic) bond motifs is 1. The summed E-state index contributed by atoms with van der Waals surface area (Å²) < 4.78 is 0. The van der Waals surface area contributed by atoms with Crippen molar-refractivity contribution in [3.05, 3.63) is 48.0 Å². The van der Waals surface area contributed by atoms with E-state index in [1.807, 2.05) is 36.4 Å². The van der Waals surface area contributed by atoms with Crippen LogP contribution in [0.25, 0.3) is 11.1 Å². The molecular weight excluding hydrogens is 232 g/mol. The van der Waals surface area contributed by atoms with Gasteiger partial charge in [-0.1, -0.05) is 36.4 Å². The SMILES string of the molecule is O=C(CNC(=O)c1ccc2cccccc1-2)NO. The Morgan fingerprint density at radius 3 is 2.61 bits per heavy atom. The van der Waals surface area contributed by atoms with Gasteiger partial charge in [0.15, 0.2) is 0 Å². The van der Waals surface area contributed by atoms with Gasteiger partial charge in [0.05, 0.1) is 6.54 Å². The zero-order valence-electron chi connectivity index (χ0n) is 9.51. The van der Waals surface area contributed by atoms with E-state index in [-0.39, 0.29) is 12.5 Å². The Hall–Kier alpha value is -2.40. The molecule has 0 saturated carbocycles. The van der Waals surface area contributed by atoms with Crippen molar-refractivity contribution in [2.45, 2.75) is 0 Å². The minimum absolute atomic E-state index is 0.263. The van der Waals surface area contributed by atoms with Gasteiger partial charge in [0.25, 0.3) is 11.8 Å². The number of hydrogen-bond acceptors (Lipinski definition) is 3. The zero-order valence-corrected chi connectivity index (χ0v) is 9.51. The van der Waals surface area contributed by atoms with Gasteiger partial charge in [-0.2, -0.15) is 0 Å². The highest BCUT2D eigenvalue weighted by Gasteiger charge is 2.15. The summed E-state index contributed by atoms with van der Waals surface area (Å²) in [6, 6.07) is 12.9. The highest BCUT2D eigenvalue weighted by atomic mass is 16.5. The quantitative estimate of drug-likeness (QED) is 0.557. The predicted molar refractivity (Wildman–Crippen MR) is 65.3 cm³/mol. The molecule has 3 N–H and O–H groups in total. The van der Waals surface area contributed by atoms with Gasteiger partial charge in [-0.25, -0.2) is 5.48 Å². The highest BCUT2D eigenvalue weighted by Crippen LogP contribution is 2.26. The van der Waals surface area contributed by atoms with Gasteiger partial charge in [-0.3, -0.25) is 14.8 Å². The summed E-state index contributed by atoms with van der Waals surface area (Å²) in [5.74, 6) is -1.01. The van der Waals surface area contributed by atoms with Crippen molar-refractivity contribution in [1.29, 1.82) is 0 Å². The standard InChI is InChI=1S/C13H12N2O3/c16-12(15-18)8-14-13(17)11-7-6-9-4-2-1-3-5-10(9)11/h1-7,18H,8H2,(H,14,17)(H,15,16). The Balaban J connectivity index is 2.18. The van der Waals surface area contributed by atoms with Gasteiger partial charge in [0.1, 0.15) is 0 Å². The first-order valence-electron chi connectivity index (χ1n) is 5.41. The molecule has 0 unspecified atom stereocenters. The third kappa shape index (κ3) is 2.46. The van der Waals surface area contributed by atoms with Crippen LogP contribution in [0, 0.1) is 0 Å². The van der Waals surface area contributed by atoms with E-state index in [9.17, 15) is 9.59 Å². The van der Waals surface area contributed by atoms with E-state index in [2.05, 4.69) is 5.32 Å². The maximum Gasteiger partial charge on any atom is 0.262 e. The summed E-state index contributed by atoms with van der Waals surface area (Å²) in [5.41, 5.74) is 3.74. The summed E-state index contributed by atoms with van der Waals surface area (Å²) in [7, 11) is 0. The highest BCUT2D eigenvalue weighted by molar-refractivity contribution is 6.03. The van der Waals surface area contributed by atoms with Gasteiger partial charge >= 0.3 is 0 Å². The maximum absolute atomic E-state index is 11.9. The van der Waals surface area contributed by atoms with Crippen molar-refractivity contribution in [2.75, 3.05) is 6.54 Å². The third-order valence-corrected chi connectivity index (χ3v) is 2.57. The zero-order chi connectivity index (χ0) is 13.0. The van der Waals surface area contributed by atoms with E-state index in [4.69, 9.17) is 5.21 Å². The first-order chi connectivity index (χ1) is 8.72. The molecule has 0 aromatic heterocycles. The molecule has 2 aliphatic rings. The lowest BCUT2D eigenvalue weighted by Gasteiger charge is -2.04. The molecular formula is C13H12N2O3. The number of carbonyl (C=O) groups excluding carboxylic acids is 2. The van der Waals surface area contributed by atoms with Crippen molar-refractivity contribution in [3.8, 4) is 11.1 Å². The van der Waals surface area contributed by atoms with Gasteiger partial charge < -0.3 is 5.32 Å². The molecule has 5 nitrogen and oxygen atoms in total. The van der Waals surface area contributed by atoms with Crippen molar-refractivity contribution < 1.29 is 14.8 Å². The number of amides is 2. The fourth-order valence-electron chi connectivity index (χ4n) is 1.71. The Morgan fingerprint density at radius 2 is 1.83 bits per heavy atom. The first-order valence-corrected chi connectivity index (χ1v) is 5.41. The molecule has 0 aromatic rings. The molecule has 0 atom stereocenters. The van der Waals surface area contributed by atoms with Crippen LogP contribution in [-0.4, -0.2) is 23.6 Å². The van der Waals surface area contributed by atoms with Gasteiger partial charge in [0, 0.05) is 5.56 Å². The van der Waals surface area contributed by atoms with E-state index in [0.717, 1.165) is 11.1 Å². The van der Waals surface area contributed by atoms with Crippen molar-refractivity contribution in [3.63, 3.8) is 0 Å². The molecule has 0 bridgehead atoms. The third-order valence-electron chi connectivity index (χ3n) is 2.57. The second kappa shape index (κ2) is 5.29. The Bertz CT molecular complexity index is 554. The lowest BCUT2D eigenvalue weighted by Crippen LogP contribution is -2.35. The van der Waals surface area contributed by atoms with Crippen LogP contribution in [-0.2, 0) is 4.79 Å². The molecule has 0 aromatic carbocycles. The smallest absolute Gasteiger partial charge is 0.262 e. The van der Waals surface area contributed by atoms with Crippen molar-refractivity contribution in [2.24, 2.45) is 0 Å². The fourth-order valence-corrected chi connectivity index (χ4v) is 1.71. The molecule has 0 fully saturated rings. The van der Waals surface area contributed by atoms with Crippen LogP contribution < -0.4 is 10.8 Å². The van der Waals surface area contributed by atoms with E-state index in [1.54, 1.807) is 6.07 Å². The van der Waals surface area contributed by atoms with E-state index in [0.29, 0.717) is 5.56 Å². The number of hydrogen-bond donors (Lipinski definition) is 3. The molecule has 5 heteroatoms. The minimum Gasteiger partial charge on any atom is -0.343 e. The number of rotatable bonds is 3. The van der Waals surface area contributed by atoms with Crippen LogP contribution in [0.1, 0.15) is 10.4 Å². The molecule has 0 spiro atoms. The predicted octanol–water partition coefficient (Wildman–Crippen LogP) is 1.03. The molecule has 18 heavy (non-hydrogen) atoms. The topological polar surface area (TPSA) is 78.4 Å². The molecule has 0 heterocycles. The summed E-state index contributed by atoms with van der Waals surface area (Å²) in [4.78, 5) is 22.7. The Labute approximate surface area is 104 Å². The van der Waals surface area contributed by atoms with E-state index in [1.165, 1.54) is 5.48 Å². The van der Waals surface area contributed by atoms with Crippen LogP contribution in [0.4, 0.5) is 0 Å². The summed E-state index contributed by atoms with van der Waals surface area (Å²) in [6.45, 7) is -0.263. The largest absolute Gasteiger partial charge is 0.343 e. The Kier molecular flexibility index (Phi) is 3.54. The fraction of sp³-hybridized carbons (Fsp3) is 0.0769. The normalized spacial score (nSPS) is 10.1. The monoisotopic (exact) mass is 244 g/mol. The average molecular weight is 244 g/mol. The molecule has 92 valence electrons. The summed E-state index contributed by atoms with van der Waals surface area (Å²) >= 11 is 0. The first kappa shape index (κ1) is 12.1. The molecule has 2 amide bonds. The Morgan fingerprint density at radius 1 is 1.06 bits per heavy atom. The average Bonchev–Trinajstić information content (AvgIpc) is 2.64. The minimum atomic E-state index is -0.662. The van der Waals surface area contributed by atoms with Crippen LogP contribution in [0.15, 0.2) is 42.5 Å². The summed E-state index contributed by atoms with van der Waals surface area (Å²) in [5, 5.41) is 10.8. The van der Waals surface area contributed by atoms with Gasteiger partial charge in [0.2, 0.25) is 0 Å². The molecule has 0 aliphatic heterocycles. The van der Waals surface area contributed by atoms with Gasteiger partial charge in [-0.05, 0) is 17.2 Å². The lowest BCUT2D eigenvalue weighted by atomic mass is 10.1. The molecule has 0 radical (unpaired) electrons. The number of carbonyl (C=O) groups is 2. The van der Waals surface area contributed by atoms with Crippen molar-refractivity contribution in [1.82, 2.24) is 10.8 Å². The molecule has 0 saturated heterocycles. The van der Waals surface area contributed by atoms with E-state index >= 15 is 0 Å². The van der Waals surface area contributed by atoms with E-state index < -0.39 is 5.91 Å². The molecule has 2 aliphatic carbocycles. The number of nitrogens with one attached hydrogen (secondary N) is 2. The number of hydroxylamine groups is 1. The van der Waals surface area contributed by atoms with Crippen LogP contribution in [0.5, 0.6) is 0 Å². The van der Waals surface area contributed by atoms with Crippen LogP contribution in [0.2, 0.25) is 0 Å². The second-order valence-electron chi connectivity index (χ2n) is 3.74.